The highest BCUT2D eigenvalue weighted by Gasteiger charge is 2.38. The molecule has 0 saturated carbocycles. The Morgan fingerprint density at radius 1 is 1.23 bits per heavy atom. The Morgan fingerprint density at radius 2 is 2.00 bits per heavy atom. The fourth-order valence-electron chi connectivity index (χ4n) is 2.87. The third kappa shape index (κ3) is 1.93. The number of carbonyl (C=O) groups excluding carboxylic acids is 1. The van der Waals surface area contributed by atoms with Crippen LogP contribution in [0.4, 0.5) is 5.00 Å². The van der Waals surface area contributed by atoms with Crippen molar-refractivity contribution in [3.63, 3.8) is 0 Å². The number of hydrogen-bond acceptors (Lipinski definition) is 4. The highest BCUT2D eigenvalue weighted by Crippen LogP contribution is 2.39. The lowest BCUT2D eigenvalue weighted by molar-refractivity contribution is -0.124. The summed E-state index contributed by atoms with van der Waals surface area (Å²) in [5.74, 6) is 0.772. The first-order valence-electron chi connectivity index (χ1n) is 7.24. The minimum absolute atomic E-state index is 0.0107. The number of thiophene rings is 1. The van der Waals surface area contributed by atoms with E-state index in [0.717, 1.165) is 22.0 Å². The molecule has 1 aromatic carbocycles. The van der Waals surface area contributed by atoms with Crippen molar-refractivity contribution < 1.29 is 4.79 Å². The van der Waals surface area contributed by atoms with E-state index in [-0.39, 0.29) is 11.9 Å². The van der Waals surface area contributed by atoms with Gasteiger partial charge in [0.25, 0.3) is 5.91 Å². The topological polar surface area (TPSA) is 45.0 Å². The molecule has 1 aromatic heterocycles. The minimum Gasteiger partial charge on any atom is -0.272 e. The second kappa shape index (κ2) is 4.88. The number of aryl methyl sites for hydroxylation is 1. The maximum absolute atomic E-state index is 12.6. The summed E-state index contributed by atoms with van der Waals surface area (Å²) in [6.07, 6.45) is 2.24. The van der Waals surface area contributed by atoms with Crippen molar-refractivity contribution in [3.05, 3.63) is 51.9 Å². The molecule has 1 amide bonds. The molecule has 0 radical (unpaired) electrons. The molecule has 0 aliphatic carbocycles. The van der Waals surface area contributed by atoms with Gasteiger partial charge in [-0.05, 0) is 25.0 Å². The molecule has 0 bridgehead atoms. The van der Waals surface area contributed by atoms with Gasteiger partial charge in [0, 0.05) is 11.3 Å². The molecule has 0 N–H and O–H groups in total. The smallest absolute Gasteiger partial charge is 0.258 e. The molecule has 3 heterocycles. The van der Waals surface area contributed by atoms with Crippen LogP contribution in [0.5, 0.6) is 0 Å². The van der Waals surface area contributed by atoms with E-state index in [1.54, 1.807) is 22.6 Å². The Morgan fingerprint density at radius 3 is 2.77 bits per heavy atom. The molecular weight excluding hydrogens is 294 g/mol. The summed E-state index contributed by atoms with van der Waals surface area (Å²) in [5.41, 5.74) is 3.32. The van der Waals surface area contributed by atoms with Gasteiger partial charge in [0.15, 0.2) is 0 Å². The number of nitrogens with zero attached hydrogens (tertiary/aromatic N) is 3. The van der Waals surface area contributed by atoms with Crippen LogP contribution in [0, 0.1) is 13.8 Å². The second-order valence-electron chi connectivity index (χ2n) is 5.57. The van der Waals surface area contributed by atoms with Gasteiger partial charge in [0.1, 0.15) is 23.2 Å². The molecule has 2 aromatic rings. The molecule has 0 saturated heterocycles. The number of carbonyl (C=O) groups is 1. The molecule has 1 atom stereocenters. The quantitative estimate of drug-likeness (QED) is 0.840. The summed E-state index contributed by atoms with van der Waals surface area (Å²) in [6.45, 7) is 4.15. The first kappa shape index (κ1) is 13.4. The van der Waals surface area contributed by atoms with Gasteiger partial charge in [-0.25, -0.2) is 4.99 Å². The van der Waals surface area contributed by atoms with Gasteiger partial charge in [-0.1, -0.05) is 30.3 Å². The highest BCUT2D eigenvalue weighted by atomic mass is 32.1. The largest absolute Gasteiger partial charge is 0.272 e. The van der Waals surface area contributed by atoms with Crippen molar-refractivity contribution >= 4 is 34.4 Å². The second-order valence-corrected chi connectivity index (χ2v) is 6.78. The van der Waals surface area contributed by atoms with E-state index < -0.39 is 0 Å². The zero-order valence-corrected chi connectivity index (χ0v) is 13.2. The fourth-order valence-corrected chi connectivity index (χ4v) is 3.86. The van der Waals surface area contributed by atoms with Crippen LogP contribution < -0.4 is 0 Å². The lowest BCUT2D eigenvalue weighted by atomic mass is 10.1. The predicted molar refractivity (Wildman–Crippen MR) is 89.3 cm³/mol. The predicted octanol–water partition coefficient (Wildman–Crippen LogP) is 3.24. The van der Waals surface area contributed by atoms with Crippen molar-refractivity contribution in [2.45, 2.75) is 26.3 Å². The summed E-state index contributed by atoms with van der Waals surface area (Å²) >= 11 is 1.66. The molecule has 4 nitrogen and oxygen atoms in total. The zero-order chi connectivity index (χ0) is 15.3. The maximum Gasteiger partial charge on any atom is 0.258 e. The molecule has 2 aliphatic rings. The van der Waals surface area contributed by atoms with Gasteiger partial charge >= 0.3 is 0 Å². The first-order chi connectivity index (χ1) is 10.6. The van der Waals surface area contributed by atoms with Crippen LogP contribution in [0.1, 0.15) is 21.6 Å². The molecule has 1 unspecified atom stereocenters. The third-order valence-corrected chi connectivity index (χ3v) is 5.30. The molecule has 110 valence electrons. The van der Waals surface area contributed by atoms with Crippen LogP contribution in [-0.4, -0.2) is 29.0 Å². The van der Waals surface area contributed by atoms with Crippen molar-refractivity contribution in [1.82, 2.24) is 4.90 Å². The average molecular weight is 309 g/mol. The number of fused-ring (bicyclic) bond motifs is 3. The van der Waals surface area contributed by atoms with E-state index in [0.29, 0.717) is 6.42 Å². The van der Waals surface area contributed by atoms with E-state index in [4.69, 9.17) is 4.99 Å². The molecule has 2 aliphatic heterocycles. The Hall–Kier alpha value is -2.27. The van der Waals surface area contributed by atoms with E-state index in [1.165, 1.54) is 10.4 Å². The number of rotatable bonds is 2. The first-order valence-corrected chi connectivity index (χ1v) is 8.06. The van der Waals surface area contributed by atoms with Crippen molar-refractivity contribution in [3.8, 4) is 0 Å². The molecule has 0 spiro atoms. The normalized spacial score (nSPS) is 19.2. The van der Waals surface area contributed by atoms with Crippen molar-refractivity contribution in [1.29, 1.82) is 0 Å². The summed E-state index contributed by atoms with van der Waals surface area (Å²) in [7, 11) is 0. The van der Waals surface area contributed by atoms with Gasteiger partial charge < -0.3 is 0 Å². The van der Waals surface area contributed by atoms with Crippen LogP contribution in [0.25, 0.3) is 0 Å². The summed E-state index contributed by atoms with van der Waals surface area (Å²) in [4.78, 5) is 24.6. The van der Waals surface area contributed by atoms with E-state index in [1.807, 2.05) is 30.3 Å². The standard InChI is InChI=1S/C17H15N3OS/c1-10-11(2)22-16-14(10)15-19-13(17(21)20(15)9-18-16)8-12-6-4-3-5-7-12/h3-7,9,13H,8H2,1-2H3. The van der Waals surface area contributed by atoms with Gasteiger partial charge in [0.05, 0.1) is 5.56 Å². The van der Waals surface area contributed by atoms with Crippen molar-refractivity contribution in [2.24, 2.45) is 9.98 Å². The number of aliphatic imine (C=N–C) groups is 2. The highest BCUT2D eigenvalue weighted by molar-refractivity contribution is 7.16. The SMILES string of the molecule is Cc1sc2c(c1C)C1=NC(Cc3ccccc3)C(=O)N1C=N2. The number of amides is 1. The van der Waals surface area contributed by atoms with E-state index >= 15 is 0 Å². The summed E-state index contributed by atoms with van der Waals surface area (Å²) in [5, 5.41) is 0.957. The van der Waals surface area contributed by atoms with Crippen LogP contribution >= 0.6 is 11.3 Å². The summed E-state index contributed by atoms with van der Waals surface area (Å²) in [6, 6.07) is 9.66. The molecule has 5 heteroatoms. The molecule has 4 rings (SSSR count). The number of hydrogen-bond donors (Lipinski definition) is 0. The Labute approximate surface area is 132 Å². The van der Waals surface area contributed by atoms with Crippen LogP contribution in [0.15, 0.2) is 40.3 Å². The zero-order valence-electron chi connectivity index (χ0n) is 12.4. The fraction of sp³-hybridized carbons (Fsp3) is 0.235. The van der Waals surface area contributed by atoms with E-state index in [2.05, 4.69) is 18.8 Å². The van der Waals surface area contributed by atoms with Gasteiger partial charge in [-0.3, -0.25) is 14.7 Å². The minimum atomic E-state index is -0.352. The Bertz CT molecular complexity index is 820. The third-order valence-electron chi connectivity index (χ3n) is 4.18. The molecule has 22 heavy (non-hydrogen) atoms. The number of benzene rings is 1. The lowest BCUT2D eigenvalue weighted by Gasteiger charge is -2.17. The molecular formula is C17H15N3OS. The van der Waals surface area contributed by atoms with E-state index in [9.17, 15) is 4.79 Å². The Kier molecular flexibility index (Phi) is 2.97. The van der Waals surface area contributed by atoms with Gasteiger partial charge in [-0.15, -0.1) is 11.3 Å². The monoisotopic (exact) mass is 309 g/mol. The van der Waals surface area contributed by atoms with Gasteiger partial charge in [-0.2, -0.15) is 0 Å². The number of amidine groups is 1. The lowest BCUT2D eigenvalue weighted by Crippen LogP contribution is -2.36. The summed E-state index contributed by atoms with van der Waals surface area (Å²) < 4.78 is 0. The average Bonchev–Trinajstić information content (AvgIpc) is 2.99. The maximum atomic E-state index is 12.6. The van der Waals surface area contributed by atoms with Gasteiger partial charge in [0.2, 0.25) is 0 Å². The van der Waals surface area contributed by atoms with Crippen molar-refractivity contribution in [2.75, 3.05) is 0 Å². The molecule has 0 fully saturated rings. The van der Waals surface area contributed by atoms with Crippen LogP contribution in [-0.2, 0) is 11.2 Å². The van der Waals surface area contributed by atoms with Crippen LogP contribution in [0.2, 0.25) is 0 Å². The Balaban J connectivity index is 1.73. The van der Waals surface area contributed by atoms with Crippen LogP contribution in [0.3, 0.4) is 0 Å².